The number of aryl methyl sites for hydroxylation is 1. The van der Waals surface area contributed by atoms with Crippen LogP contribution in [0.1, 0.15) is 11.1 Å². The topological polar surface area (TPSA) is 70.1 Å². The molecule has 0 saturated heterocycles. The number of hydrogen-bond acceptors (Lipinski definition) is 7. The van der Waals surface area contributed by atoms with Crippen LogP contribution in [0, 0.1) is 6.92 Å². The van der Waals surface area contributed by atoms with Gasteiger partial charge in [-0.1, -0.05) is 52.9 Å². The molecule has 0 aliphatic rings. The van der Waals surface area contributed by atoms with E-state index in [1.54, 1.807) is 0 Å². The van der Waals surface area contributed by atoms with Crippen LogP contribution in [-0.4, -0.2) is 36.0 Å². The maximum atomic E-state index is 12.1. The molecule has 146 valence electrons. The first-order valence-corrected chi connectivity index (χ1v) is 10.6. The fourth-order valence-electron chi connectivity index (χ4n) is 2.37. The molecule has 1 aromatic heterocycles. The van der Waals surface area contributed by atoms with Crippen molar-refractivity contribution in [3.05, 3.63) is 59.7 Å². The fraction of sp³-hybridized carbons (Fsp3) is 0.250. The number of carbonyl (C=O) groups is 1. The molecule has 2 N–H and O–H groups in total. The Morgan fingerprint density at radius 2 is 1.79 bits per heavy atom. The van der Waals surface area contributed by atoms with Gasteiger partial charge in [0.25, 0.3) is 0 Å². The van der Waals surface area contributed by atoms with Gasteiger partial charge in [-0.05, 0) is 36.8 Å². The lowest BCUT2D eigenvalue weighted by molar-refractivity contribution is -0.118. The number of nitrogens with zero attached hydrogens (tertiary/aromatic N) is 3. The number of carbonyl (C=O) groups excluding carboxylic acids is 1. The molecule has 0 bridgehead atoms. The van der Waals surface area contributed by atoms with E-state index in [0.717, 1.165) is 21.3 Å². The number of nitrogens with one attached hydrogen (secondary N) is 2. The summed E-state index contributed by atoms with van der Waals surface area (Å²) in [5.41, 5.74) is 4.39. The molecule has 0 fully saturated rings. The number of rotatable bonds is 8. The van der Waals surface area contributed by atoms with Crippen LogP contribution in [0.2, 0.25) is 0 Å². The Hall–Kier alpha value is -2.58. The van der Waals surface area contributed by atoms with Crippen molar-refractivity contribution < 1.29 is 4.79 Å². The Morgan fingerprint density at radius 1 is 1.07 bits per heavy atom. The molecular formula is C20H23N5OS2. The molecule has 0 aliphatic heterocycles. The van der Waals surface area contributed by atoms with Crippen LogP contribution < -0.4 is 15.5 Å². The first kappa shape index (κ1) is 20.2. The molecule has 28 heavy (non-hydrogen) atoms. The van der Waals surface area contributed by atoms with Crippen LogP contribution in [0.4, 0.5) is 16.5 Å². The van der Waals surface area contributed by atoms with Crippen LogP contribution >= 0.6 is 23.1 Å². The normalized spacial score (nSPS) is 10.5. The van der Waals surface area contributed by atoms with Gasteiger partial charge in [-0.25, -0.2) is 0 Å². The summed E-state index contributed by atoms with van der Waals surface area (Å²) in [6.45, 7) is 2.57. The van der Waals surface area contributed by atoms with Gasteiger partial charge in [0.05, 0.1) is 5.75 Å². The third kappa shape index (κ3) is 5.97. The number of amides is 1. The molecule has 6 nitrogen and oxygen atoms in total. The summed E-state index contributed by atoms with van der Waals surface area (Å²) in [4.78, 5) is 14.1. The molecule has 8 heteroatoms. The molecule has 0 spiro atoms. The first-order valence-electron chi connectivity index (χ1n) is 8.82. The summed E-state index contributed by atoms with van der Waals surface area (Å²) >= 11 is 2.83. The lowest BCUT2D eigenvalue weighted by atomic mass is 10.2. The average Bonchev–Trinajstić information content (AvgIpc) is 3.14. The third-order valence-corrected chi connectivity index (χ3v) is 5.95. The molecule has 0 unspecified atom stereocenters. The molecule has 0 saturated carbocycles. The van der Waals surface area contributed by atoms with Gasteiger partial charge < -0.3 is 15.5 Å². The molecule has 1 heterocycles. The number of anilines is 3. The van der Waals surface area contributed by atoms with E-state index in [1.807, 2.05) is 74.4 Å². The number of benzene rings is 2. The molecule has 1 amide bonds. The van der Waals surface area contributed by atoms with Crippen molar-refractivity contribution in [2.24, 2.45) is 0 Å². The van der Waals surface area contributed by atoms with Gasteiger partial charge in [-0.15, -0.1) is 10.2 Å². The zero-order chi connectivity index (χ0) is 19.9. The second-order valence-corrected chi connectivity index (χ2v) is 8.69. The predicted molar refractivity (Wildman–Crippen MR) is 118 cm³/mol. The van der Waals surface area contributed by atoms with Crippen molar-refractivity contribution in [3.63, 3.8) is 0 Å². The minimum Gasteiger partial charge on any atom is -0.378 e. The molecule has 2 aromatic carbocycles. The Bertz CT molecular complexity index is 907. The van der Waals surface area contributed by atoms with E-state index >= 15 is 0 Å². The average molecular weight is 414 g/mol. The zero-order valence-corrected chi connectivity index (χ0v) is 17.7. The van der Waals surface area contributed by atoms with Gasteiger partial charge >= 0.3 is 0 Å². The van der Waals surface area contributed by atoms with E-state index in [1.165, 1.54) is 28.7 Å². The Kier molecular flexibility index (Phi) is 6.89. The maximum Gasteiger partial charge on any atom is 0.230 e. The monoisotopic (exact) mass is 413 g/mol. The molecule has 3 aromatic rings. The lowest BCUT2D eigenvalue weighted by Crippen LogP contribution is -2.24. The van der Waals surface area contributed by atoms with Gasteiger partial charge in [0, 0.05) is 32.0 Å². The highest BCUT2D eigenvalue weighted by molar-refractivity contribution is 8.01. The summed E-state index contributed by atoms with van der Waals surface area (Å²) in [5.74, 6) is 0.291. The predicted octanol–water partition coefficient (Wildman–Crippen LogP) is 4.06. The van der Waals surface area contributed by atoms with Gasteiger partial charge in [-0.3, -0.25) is 4.79 Å². The van der Waals surface area contributed by atoms with Crippen LogP contribution in [-0.2, 0) is 11.3 Å². The van der Waals surface area contributed by atoms with E-state index in [0.29, 0.717) is 17.4 Å². The van der Waals surface area contributed by atoms with Gasteiger partial charge in [-0.2, -0.15) is 0 Å². The Labute approximate surface area is 173 Å². The Balaban J connectivity index is 1.43. The van der Waals surface area contributed by atoms with Crippen LogP contribution in [0.5, 0.6) is 0 Å². The van der Waals surface area contributed by atoms with Crippen molar-refractivity contribution in [2.45, 2.75) is 17.8 Å². The summed E-state index contributed by atoms with van der Waals surface area (Å²) in [7, 11) is 4.01. The minimum absolute atomic E-state index is 0.0232. The van der Waals surface area contributed by atoms with Crippen LogP contribution in [0.3, 0.4) is 0 Å². The fourth-order valence-corrected chi connectivity index (χ4v) is 3.97. The summed E-state index contributed by atoms with van der Waals surface area (Å²) in [6.07, 6.45) is 0. The SMILES string of the molecule is Cc1ccc(Nc2nnc(SCC(=O)NCc3ccc(N(C)C)cc3)s2)cc1. The van der Waals surface area contributed by atoms with Crippen molar-refractivity contribution in [2.75, 3.05) is 30.1 Å². The standard InChI is InChI=1S/C20H23N5OS2/c1-14-4-8-16(9-5-14)22-19-23-24-20(28-19)27-13-18(26)21-12-15-6-10-17(11-7-15)25(2)3/h4-11H,12-13H2,1-3H3,(H,21,26)(H,22,23). The molecule has 3 rings (SSSR count). The minimum atomic E-state index is -0.0232. The molecule has 0 atom stereocenters. The van der Waals surface area contributed by atoms with Crippen molar-refractivity contribution in [1.29, 1.82) is 0 Å². The number of thioether (sulfide) groups is 1. The summed E-state index contributed by atoms with van der Waals surface area (Å²) in [5, 5.41) is 15.1. The maximum absolute atomic E-state index is 12.1. The summed E-state index contributed by atoms with van der Waals surface area (Å²) < 4.78 is 0.764. The third-order valence-electron chi connectivity index (χ3n) is 3.98. The summed E-state index contributed by atoms with van der Waals surface area (Å²) in [6, 6.07) is 16.2. The molecular weight excluding hydrogens is 390 g/mol. The van der Waals surface area contributed by atoms with Crippen molar-refractivity contribution in [3.8, 4) is 0 Å². The molecule has 0 radical (unpaired) electrons. The second-order valence-electron chi connectivity index (χ2n) is 6.49. The second kappa shape index (κ2) is 9.57. The number of aromatic nitrogens is 2. The zero-order valence-electron chi connectivity index (χ0n) is 16.1. The van der Waals surface area contributed by atoms with Gasteiger partial charge in [0.1, 0.15) is 0 Å². The van der Waals surface area contributed by atoms with E-state index in [4.69, 9.17) is 0 Å². The Morgan fingerprint density at radius 3 is 2.46 bits per heavy atom. The highest BCUT2D eigenvalue weighted by atomic mass is 32.2. The smallest absolute Gasteiger partial charge is 0.230 e. The van der Waals surface area contributed by atoms with Gasteiger partial charge in [0.15, 0.2) is 4.34 Å². The largest absolute Gasteiger partial charge is 0.378 e. The van der Waals surface area contributed by atoms with Crippen LogP contribution in [0.25, 0.3) is 0 Å². The highest BCUT2D eigenvalue weighted by Crippen LogP contribution is 2.27. The van der Waals surface area contributed by atoms with E-state index in [-0.39, 0.29) is 5.91 Å². The van der Waals surface area contributed by atoms with Gasteiger partial charge in [0.2, 0.25) is 11.0 Å². The van der Waals surface area contributed by atoms with E-state index in [2.05, 4.69) is 20.8 Å². The van der Waals surface area contributed by atoms with Crippen LogP contribution in [0.15, 0.2) is 52.9 Å². The quantitative estimate of drug-likeness (QED) is 0.543. The lowest BCUT2D eigenvalue weighted by Gasteiger charge is -2.12. The van der Waals surface area contributed by atoms with E-state index in [9.17, 15) is 4.79 Å². The van der Waals surface area contributed by atoms with Crippen molar-refractivity contribution >= 4 is 45.5 Å². The van der Waals surface area contributed by atoms with E-state index < -0.39 is 0 Å². The van der Waals surface area contributed by atoms with Crippen molar-refractivity contribution in [1.82, 2.24) is 15.5 Å². The number of hydrogen-bond donors (Lipinski definition) is 2. The first-order chi connectivity index (χ1) is 13.5. The molecule has 0 aliphatic carbocycles. The highest BCUT2D eigenvalue weighted by Gasteiger charge is 2.08.